The molecule has 4 aromatic carbocycles. The lowest BCUT2D eigenvalue weighted by Gasteiger charge is -2.30. The normalized spacial score (nSPS) is 20.6. The molecule has 2 saturated heterocycles. The van der Waals surface area contributed by atoms with Gasteiger partial charge in [-0.15, -0.1) is 0 Å². The Morgan fingerprint density at radius 3 is 1.93 bits per heavy atom. The van der Waals surface area contributed by atoms with E-state index in [0.29, 0.717) is 35.8 Å². The number of benzene rings is 4. The number of aromatic nitrogens is 5. The third-order valence-electron chi connectivity index (χ3n) is 12.0. The zero-order valence-corrected chi connectivity index (χ0v) is 33.1. The second kappa shape index (κ2) is 14.9. The highest BCUT2D eigenvalue weighted by Crippen LogP contribution is 2.54. The van der Waals surface area contributed by atoms with Crippen molar-refractivity contribution in [2.24, 2.45) is 5.92 Å². The van der Waals surface area contributed by atoms with Crippen molar-refractivity contribution < 1.29 is 23.6 Å². The van der Waals surface area contributed by atoms with Crippen LogP contribution in [0.2, 0.25) is 0 Å². The molecule has 1 saturated carbocycles. The molecule has 60 heavy (non-hydrogen) atoms. The molecule has 3 fully saturated rings. The van der Waals surface area contributed by atoms with Crippen molar-refractivity contribution in [1.82, 2.24) is 45.4 Å². The van der Waals surface area contributed by atoms with E-state index in [4.69, 9.17) is 14.4 Å². The summed E-state index contributed by atoms with van der Waals surface area (Å²) >= 11 is 0. The molecule has 7 aromatic rings. The molecule has 2 aliphatic heterocycles. The Bertz CT molecular complexity index is 2780. The Kier molecular flexibility index (Phi) is 9.26. The first kappa shape index (κ1) is 37.2. The summed E-state index contributed by atoms with van der Waals surface area (Å²) in [5.41, 5.74) is 6.17. The molecular weight excluding hydrogens is 759 g/mol. The summed E-state index contributed by atoms with van der Waals surface area (Å²) in [7, 11) is 0. The molecule has 1 aliphatic carbocycles. The molecule has 3 aromatic heterocycles. The van der Waals surface area contributed by atoms with Crippen LogP contribution in [0, 0.1) is 5.92 Å². The maximum atomic E-state index is 14.2. The van der Waals surface area contributed by atoms with Gasteiger partial charge in [0, 0.05) is 37.6 Å². The van der Waals surface area contributed by atoms with E-state index in [0.717, 1.165) is 70.0 Å². The maximum absolute atomic E-state index is 14.2. The van der Waals surface area contributed by atoms with Gasteiger partial charge in [-0.3, -0.25) is 19.2 Å². The number of oxazole rings is 1. The van der Waals surface area contributed by atoms with Crippen molar-refractivity contribution in [3.63, 3.8) is 0 Å². The SMILES string of the molecule is CC(=O)N[C@@H](C(=O)N1CCC[C@H]1c1nc2cc(-c3cnc(-c4ccc5[nH]c([C@@H]6C[C@H]7C[C@@H]7N6C(=O)[C@H](NC(C)=O)c6ccccc6)nc5c4)o3)ccc2[nH]1)c1ccccc1. The van der Waals surface area contributed by atoms with Gasteiger partial charge < -0.3 is 34.8 Å². The zero-order chi connectivity index (χ0) is 41.1. The van der Waals surface area contributed by atoms with E-state index in [9.17, 15) is 19.2 Å². The highest BCUT2D eigenvalue weighted by Gasteiger charge is 2.56. The van der Waals surface area contributed by atoms with Crippen LogP contribution in [0.1, 0.15) is 86.5 Å². The standard InChI is InChI=1S/C46H43N9O5/c1-25(56)48-40(27-10-5-3-6-11-27)45(58)54-19-9-14-36(54)42-50-32-17-15-29(20-34(32)52-42)39-24-47-44(60-39)30-16-18-33-35(21-30)53-43(51-33)38-23-31-22-37(31)55(38)46(59)41(49-26(2)57)28-12-7-4-8-13-28/h3-8,10-13,15-18,20-21,24,31,36-38,40-41H,9,14,19,22-23H2,1-2H3,(H,48,56)(H,49,57)(H,50,52)(H,51,53)/t31-,36+,37+,38+,40-,41-/m1/s1. The summed E-state index contributed by atoms with van der Waals surface area (Å²) in [6.45, 7) is 3.42. The van der Waals surface area contributed by atoms with E-state index >= 15 is 0 Å². The first-order valence-electron chi connectivity index (χ1n) is 20.4. The smallest absolute Gasteiger partial charge is 0.250 e. The summed E-state index contributed by atoms with van der Waals surface area (Å²) < 4.78 is 6.32. The average molecular weight is 802 g/mol. The number of hydrogen-bond acceptors (Lipinski definition) is 8. The molecule has 302 valence electrons. The Hall–Kier alpha value is -7.09. The second-order valence-electron chi connectivity index (χ2n) is 16.1. The van der Waals surface area contributed by atoms with Crippen LogP contribution in [0.15, 0.2) is 108 Å². The molecule has 5 heterocycles. The number of rotatable bonds is 10. The van der Waals surface area contributed by atoms with Gasteiger partial charge in [0.15, 0.2) is 5.76 Å². The van der Waals surface area contributed by atoms with Crippen molar-refractivity contribution in [3.8, 4) is 22.8 Å². The predicted octanol–water partition coefficient (Wildman–Crippen LogP) is 6.84. The van der Waals surface area contributed by atoms with E-state index < -0.39 is 12.1 Å². The minimum atomic E-state index is -0.786. The van der Waals surface area contributed by atoms with Crippen molar-refractivity contribution in [2.45, 2.75) is 69.7 Å². The number of H-pyrrole nitrogens is 2. The number of imidazole rings is 2. The van der Waals surface area contributed by atoms with Crippen molar-refractivity contribution in [2.75, 3.05) is 6.54 Å². The van der Waals surface area contributed by atoms with Crippen LogP contribution < -0.4 is 10.6 Å². The number of nitrogens with zero attached hydrogens (tertiary/aromatic N) is 5. The Morgan fingerprint density at radius 1 is 0.717 bits per heavy atom. The number of piperidine rings is 1. The van der Waals surface area contributed by atoms with Crippen molar-refractivity contribution in [1.29, 1.82) is 0 Å². The van der Waals surface area contributed by atoms with Crippen molar-refractivity contribution >= 4 is 45.7 Å². The number of carbonyl (C=O) groups excluding carboxylic acids is 4. The van der Waals surface area contributed by atoms with Gasteiger partial charge in [-0.05, 0) is 79.1 Å². The molecule has 0 spiro atoms. The highest BCUT2D eigenvalue weighted by molar-refractivity contribution is 5.90. The van der Waals surface area contributed by atoms with Gasteiger partial charge in [0.2, 0.25) is 23.6 Å². The quantitative estimate of drug-likeness (QED) is 0.116. The molecular formula is C46H43N9O5. The molecule has 3 aliphatic rings. The second-order valence-corrected chi connectivity index (χ2v) is 16.1. The fourth-order valence-corrected chi connectivity index (χ4v) is 9.11. The Balaban J connectivity index is 0.874. The fourth-order valence-electron chi connectivity index (χ4n) is 9.11. The lowest BCUT2D eigenvalue weighted by Crippen LogP contribution is -2.43. The number of likely N-dealkylation sites (tertiary alicyclic amines) is 2. The minimum Gasteiger partial charge on any atom is -0.436 e. The zero-order valence-electron chi connectivity index (χ0n) is 33.1. The summed E-state index contributed by atoms with van der Waals surface area (Å²) in [4.78, 5) is 77.6. The summed E-state index contributed by atoms with van der Waals surface area (Å²) in [6, 6.07) is 28.4. The molecule has 0 unspecified atom stereocenters. The number of nitrogens with one attached hydrogen (secondary N) is 4. The van der Waals surface area contributed by atoms with E-state index in [1.165, 1.54) is 13.8 Å². The van der Waals surface area contributed by atoms with Crippen LogP contribution in [-0.4, -0.2) is 70.9 Å². The number of amides is 4. The molecule has 10 rings (SSSR count). The summed E-state index contributed by atoms with van der Waals surface area (Å²) in [5.74, 6) is 2.00. The Morgan fingerprint density at radius 2 is 1.30 bits per heavy atom. The minimum absolute atomic E-state index is 0.125. The van der Waals surface area contributed by atoms with Crippen LogP contribution in [0.3, 0.4) is 0 Å². The number of carbonyl (C=O) groups is 4. The molecule has 6 atom stereocenters. The first-order valence-corrected chi connectivity index (χ1v) is 20.4. The lowest BCUT2D eigenvalue weighted by atomic mass is 10.0. The highest BCUT2D eigenvalue weighted by atomic mass is 16.4. The summed E-state index contributed by atoms with van der Waals surface area (Å²) in [5, 5.41) is 5.73. The van der Waals surface area contributed by atoms with E-state index in [1.807, 2.05) is 107 Å². The van der Waals surface area contributed by atoms with Crippen molar-refractivity contribution in [3.05, 3.63) is 126 Å². The van der Waals surface area contributed by atoms with Gasteiger partial charge in [0.25, 0.3) is 5.91 Å². The third-order valence-corrected chi connectivity index (χ3v) is 12.0. The van der Waals surface area contributed by atoms with E-state index in [-0.39, 0.29) is 41.8 Å². The fraction of sp³-hybridized carbons (Fsp3) is 0.283. The molecule has 4 N–H and O–H groups in total. The van der Waals surface area contributed by atoms with Crippen LogP contribution >= 0.6 is 0 Å². The third kappa shape index (κ3) is 6.87. The lowest BCUT2D eigenvalue weighted by molar-refractivity contribution is -0.138. The molecule has 4 amide bonds. The first-order chi connectivity index (χ1) is 29.2. The van der Waals surface area contributed by atoms with Gasteiger partial charge in [-0.25, -0.2) is 15.0 Å². The van der Waals surface area contributed by atoms with Gasteiger partial charge in [-0.1, -0.05) is 60.7 Å². The number of fused-ring (bicyclic) bond motifs is 3. The molecule has 14 heteroatoms. The topological polar surface area (TPSA) is 182 Å². The van der Waals surface area contributed by atoms with Gasteiger partial charge >= 0.3 is 0 Å². The monoisotopic (exact) mass is 801 g/mol. The van der Waals surface area contributed by atoms with Gasteiger partial charge in [0.1, 0.15) is 23.7 Å². The largest absolute Gasteiger partial charge is 0.436 e. The van der Waals surface area contributed by atoms with E-state index in [2.05, 4.69) is 25.6 Å². The predicted molar refractivity (Wildman–Crippen MR) is 222 cm³/mol. The summed E-state index contributed by atoms with van der Waals surface area (Å²) in [6.07, 6.45) is 5.02. The molecule has 0 bridgehead atoms. The Labute approximate surface area is 344 Å². The van der Waals surface area contributed by atoms with Crippen LogP contribution in [0.4, 0.5) is 0 Å². The van der Waals surface area contributed by atoms with Crippen LogP contribution in [0.25, 0.3) is 44.8 Å². The maximum Gasteiger partial charge on any atom is 0.250 e. The molecule has 0 radical (unpaired) electrons. The average Bonchev–Trinajstić information content (AvgIpc) is 3.90. The van der Waals surface area contributed by atoms with Crippen LogP contribution in [-0.2, 0) is 19.2 Å². The van der Waals surface area contributed by atoms with Crippen LogP contribution in [0.5, 0.6) is 0 Å². The molecule has 14 nitrogen and oxygen atoms in total. The number of hydrogen-bond donors (Lipinski definition) is 4. The van der Waals surface area contributed by atoms with Gasteiger partial charge in [-0.2, -0.15) is 0 Å². The number of aromatic amines is 2. The van der Waals surface area contributed by atoms with E-state index in [1.54, 1.807) is 6.20 Å². The van der Waals surface area contributed by atoms with Gasteiger partial charge in [0.05, 0.1) is 40.3 Å².